The van der Waals surface area contributed by atoms with E-state index in [0.717, 1.165) is 24.2 Å². The maximum atomic E-state index is 12.1. The number of anilines is 1. The van der Waals surface area contributed by atoms with Crippen molar-refractivity contribution in [2.24, 2.45) is 0 Å². The average Bonchev–Trinajstić information content (AvgIpc) is 2.99. The molecule has 0 aliphatic carbocycles. The van der Waals surface area contributed by atoms with E-state index in [1.54, 1.807) is 37.1 Å². The molecular formula is C15H17NO3S. The first-order valence-corrected chi connectivity index (χ1v) is 7.49. The molecule has 0 saturated carbocycles. The first kappa shape index (κ1) is 14.8. The van der Waals surface area contributed by atoms with Crippen molar-refractivity contribution in [2.75, 3.05) is 24.8 Å². The van der Waals surface area contributed by atoms with Crippen LogP contribution < -0.4 is 10.1 Å². The fraction of sp³-hybridized carbons (Fsp3) is 0.400. The second-order valence-corrected chi connectivity index (χ2v) is 5.68. The van der Waals surface area contributed by atoms with Gasteiger partial charge < -0.3 is 15.2 Å². The number of hydrogen-bond acceptors (Lipinski definition) is 4. The number of rotatable bonds is 3. The molecule has 1 aromatic rings. The Morgan fingerprint density at radius 3 is 3.10 bits per heavy atom. The topological polar surface area (TPSA) is 58.6 Å². The summed E-state index contributed by atoms with van der Waals surface area (Å²) in [6, 6.07) is 5.32. The van der Waals surface area contributed by atoms with Gasteiger partial charge in [-0.25, -0.2) is 0 Å². The van der Waals surface area contributed by atoms with Crippen molar-refractivity contribution in [3.05, 3.63) is 23.8 Å². The van der Waals surface area contributed by atoms with Crippen LogP contribution in [-0.2, 0) is 4.79 Å². The quantitative estimate of drug-likeness (QED) is 0.835. The van der Waals surface area contributed by atoms with Crippen LogP contribution in [0.25, 0.3) is 0 Å². The molecule has 2 N–H and O–H groups in total. The minimum Gasteiger partial charge on any atom is -0.495 e. The lowest BCUT2D eigenvalue weighted by Gasteiger charge is -2.13. The SMILES string of the molecule is COc1ccc(C#CCO)cc1NC(=O)C1CCCS1. The van der Waals surface area contributed by atoms with Crippen molar-refractivity contribution < 1.29 is 14.6 Å². The smallest absolute Gasteiger partial charge is 0.237 e. The molecule has 1 saturated heterocycles. The lowest BCUT2D eigenvalue weighted by molar-refractivity contribution is -0.115. The molecule has 0 spiro atoms. The first-order valence-electron chi connectivity index (χ1n) is 6.45. The molecule has 1 unspecified atom stereocenters. The number of methoxy groups -OCH3 is 1. The summed E-state index contributed by atoms with van der Waals surface area (Å²) in [7, 11) is 1.56. The Morgan fingerprint density at radius 2 is 2.45 bits per heavy atom. The Kier molecular flexibility index (Phi) is 5.33. The number of carbonyl (C=O) groups excluding carboxylic acids is 1. The van der Waals surface area contributed by atoms with Crippen LogP contribution in [0.5, 0.6) is 5.75 Å². The van der Waals surface area contributed by atoms with Gasteiger partial charge in [-0.3, -0.25) is 4.79 Å². The second kappa shape index (κ2) is 7.22. The van der Waals surface area contributed by atoms with Gasteiger partial charge in [0.05, 0.1) is 18.0 Å². The van der Waals surface area contributed by atoms with Crippen molar-refractivity contribution in [1.29, 1.82) is 0 Å². The van der Waals surface area contributed by atoms with Crippen LogP contribution in [0.15, 0.2) is 18.2 Å². The molecule has 1 aliphatic rings. The van der Waals surface area contributed by atoms with Gasteiger partial charge in [0.25, 0.3) is 0 Å². The van der Waals surface area contributed by atoms with E-state index in [2.05, 4.69) is 17.2 Å². The van der Waals surface area contributed by atoms with Crippen molar-refractivity contribution >= 4 is 23.4 Å². The fourth-order valence-corrected chi connectivity index (χ4v) is 3.18. The molecule has 1 atom stereocenters. The fourth-order valence-electron chi connectivity index (χ4n) is 2.02. The van der Waals surface area contributed by atoms with Gasteiger partial charge >= 0.3 is 0 Å². The van der Waals surface area contributed by atoms with Crippen LogP contribution >= 0.6 is 11.8 Å². The standard InChI is InChI=1S/C15H17NO3S/c1-19-13-7-6-11(4-2-8-17)10-12(13)16-15(18)14-5-3-9-20-14/h6-7,10,14,17H,3,5,8-9H2,1H3,(H,16,18). The summed E-state index contributed by atoms with van der Waals surface area (Å²) in [5.74, 6) is 7.06. The number of thioether (sulfide) groups is 1. The molecule has 4 nitrogen and oxygen atoms in total. The summed E-state index contributed by atoms with van der Waals surface area (Å²) in [5.41, 5.74) is 1.35. The van der Waals surface area contributed by atoms with Crippen LogP contribution in [0.3, 0.4) is 0 Å². The highest BCUT2D eigenvalue weighted by Gasteiger charge is 2.24. The maximum Gasteiger partial charge on any atom is 0.237 e. The Balaban J connectivity index is 2.17. The van der Waals surface area contributed by atoms with Gasteiger partial charge in [-0.15, -0.1) is 11.8 Å². The third-order valence-corrected chi connectivity index (χ3v) is 4.37. The zero-order valence-corrected chi connectivity index (χ0v) is 12.1. The zero-order chi connectivity index (χ0) is 14.4. The molecule has 0 radical (unpaired) electrons. The van der Waals surface area contributed by atoms with Crippen LogP contribution in [-0.4, -0.2) is 35.7 Å². The second-order valence-electron chi connectivity index (χ2n) is 4.37. The summed E-state index contributed by atoms with van der Waals surface area (Å²) >= 11 is 1.69. The highest BCUT2D eigenvalue weighted by atomic mass is 32.2. The molecule has 5 heteroatoms. The van der Waals surface area contributed by atoms with E-state index >= 15 is 0 Å². The lowest BCUT2D eigenvalue weighted by Crippen LogP contribution is -2.23. The molecule has 1 heterocycles. The largest absolute Gasteiger partial charge is 0.495 e. The average molecular weight is 291 g/mol. The predicted molar refractivity (Wildman–Crippen MR) is 81.1 cm³/mol. The van der Waals surface area contributed by atoms with E-state index < -0.39 is 0 Å². The van der Waals surface area contributed by atoms with Crippen molar-refractivity contribution in [3.63, 3.8) is 0 Å². The number of ether oxygens (including phenoxy) is 1. The van der Waals surface area contributed by atoms with E-state index in [9.17, 15) is 4.79 Å². The van der Waals surface area contributed by atoms with Crippen LogP contribution in [0, 0.1) is 11.8 Å². The summed E-state index contributed by atoms with van der Waals surface area (Å²) < 4.78 is 5.25. The Bertz CT molecular complexity index is 542. The van der Waals surface area contributed by atoms with Gasteiger partial charge in [-0.2, -0.15) is 0 Å². The highest BCUT2D eigenvalue weighted by molar-refractivity contribution is 8.00. The molecular weight excluding hydrogens is 274 g/mol. The molecule has 1 amide bonds. The molecule has 20 heavy (non-hydrogen) atoms. The zero-order valence-electron chi connectivity index (χ0n) is 11.3. The summed E-state index contributed by atoms with van der Waals surface area (Å²) in [6.07, 6.45) is 2.00. The maximum absolute atomic E-state index is 12.1. The summed E-state index contributed by atoms with van der Waals surface area (Å²) in [4.78, 5) is 12.1. The van der Waals surface area contributed by atoms with Gasteiger partial charge in [0.15, 0.2) is 0 Å². The summed E-state index contributed by atoms with van der Waals surface area (Å²) in [6.45, 7) is -0.188. The van der Waals surface area contributed by atoms with Gasteiger partial charge in [0.2, 0.25) is 5.91 Å². The Hall–Kier alpha value is -1.64. The molecule has 2 rings (SSSR count). The molecule has 0 bridgehead atoms. The number of hydrogen-bond donors (Lipinski definition) is 2. The number of benzene rings is 1. The third kappa shape index (κ3) is 3.69. The lowest BCUT2D eigenvalue weighted by atomic mass is 10.1. The van der Waals surface area contributed by atoms with Crippen molar-refractivity contribution in [3.8, 4) is 17.6 Å². The third-order valence-electron chi connectivity index (χ3n) is 2.99. The van der Waals surface area contributed by atoms with Crippen LogP contribution in [0.4, 0.5) is 5.69 Å². The van der Waals surface area contributed by atoms with E-state index in [4.69, 9.17) is 9.84 Å². The van der Waals surface area contributed by atoms with Gasteiger partial charge in [-0.05, 0) is 36.8 Å². The normalized spacial score (nSPS) is 17.2. The van der Waals surface area contributed by atoms with Crippen LogP contribution in [0.2, 0.25) is 0 Å². The van der Waals surface area contributed by atoms with E-state index in [1.165, 1.54) is 0 Å². The molecule has 1 fully saturated rings. The first-order chi connectivity index (χ1) is 9.74. The molecule has 0 aromatic heterocycles. The van der Waals surface area contributed by atoms with Crippen LogP contribution in [0.1, 0.15) is 18.4 Å². The Morgan fingerprint density at radius 1 is 1.60 bits per heavy atom. The number of amides is 1. The van der Waals surface area contributed by atoms with E-state index in [-0.39, 0.29) is 17.8 Å². The van der Waals surface area contributed by atoms with E-state index in [0.29, 0.717) is 11.4 Å². The molecule has 106 valence electrons. The molecule has 1 aliphatic heterocycles. The van der Waals surface area contributed by atoms with Gasteiger partial charge in [-0.1, -0.05) is 11.8 Å². The van der Waals surface area contributed by atoms with Gasteiger partial charge in [0.1, 0.15) is 12.4 Å². The van der Waals surface area contributed by atoms with E-state index in [1.807, 2.05) is 0 Å². The van der Waals surface area contributed by atoms with Gasteiger partial charge in [0, 0.05) is 5.56 Å². The number of aliphatic hydroxyl groups excluding tert-OH is 1. The number of carbonyl (C=O) groups is 1. The Labute approximate surface area is 122 Å². The molecule has 1 aromatic carbocycles. The number of aliphatic hydroxyl groups is 1. The monoisotopic (exact) mass is 291 g/mol. The number of nitrogens with one attached hydrogen (secondary N) is 1. The van der Waals surface area contributed by atoms with Crippen molar-refractivity contribution in [1.82, 2.24) is 0 Å². The predicted octanol–water partition coefficient (Wildman–Crippen LogP) is 1.87. The minimum absolute atomic E-state index is 0.0121. The van der Waals surface area contributed by atoms with Crippen molar-refractivity contribution in [2.45, 2.75) is 18.1 Å². The highest BCUT2D eigenvalue weighted by Crippen LogP contribution is 2.30. The minimum atomic E-state index is -0.188. The summed E-state index contributed by atoms with van der Waals surface area (Å²) in [5, 5.41) is 11.6.